The number of nitrogens with zero attached hydrogens (tertiary/aromatic N) is 3. The predicted octanol–water partition coefficient (Wildman–Crippen LogP) is 3.47. The highest BCUT2D eigenvalue weighted by Crippen LogP contribution is 2.44. The Bertz CT molecular complexity index is 985. The zero-order chi connectivity index (χ0) is 22.2. The van der Waals surface area contributed by atoms with Gasteiger partial charge in [0.1, 0.15) is 11.4 Å². The number of aromatic nitrogens is 2. The van der Waals surface area contributed by atoms with Crippen molar-refractivity contribution >= 4 is 11.8 Å². The summed E-state index contributed by atoms with van der Waals surface area (Å²) in [6.07, 6.45) is 2.92. The van der Waals surface area contributed by atoms with Crippen molar-refractivity contribution in [2.45, 2.75) is 70.6 Å². The Balaban J connectivity index is 1.52. The molecule has 7 heteroatoms. The monoisotopic (exact) mass is 424 g/mol. The van der Waals surface area contributed by atoms with E-state index in [0.29, 0.717) is 32.2 Å². The Kier molecular flexibility index (Phi) is 5.77. The third-order valence-electron chi connectivity index (χ3n) is 6.60. The molecule has 166 valence electrons. The van der Waals surface area contributed by atoms with Crippen LogP contribution in [0, 0.1) is 13.8 Å². The van der Waals surface area contributed by atoms with Crippen LogP contribution in [0.5, 0.6) is 5.75 Å². The van der Waals surface area contributed by atoms with Crippen molar-refractivity contribution in [1.82, 2.24) is 20.0 Å². The Hall–Kier alpha value is -2.83. The standard InChI is InChI=1S/C24H32N4O3/c1-16-13-17(2)28(26-16)18(3)14-22(29)25-20-15-24(10-9-23(30)27(4)12-11-24)31-21-8-6-5-7-19(20)21/h5-8,13,18,20H,9-12,14-15H2,1-4H3,(H,25,29). The molecule has 3 unspecified atom stereocenters. The van der Waals surface area contributed by atoms with E-state index in [1.165, 1.54) is 0 Å². The van der Waals surface area contributed by atoms with E-state index in [4.69, 9.17) is 4.74 Å². The molecule has 1 N–H and O–H groups in total. The summed E-state index contributed by atoms with van der Waals surface area (Å²) in [5.74, 6) is 0.958. The fourth-order valence-corrected chi connectivity index (χ4v) is 4.90. The molecule has 0 bridgehead atoms. The molecule has 7 nitrogen and oxygen atoms in total. The van der Waals surface area contributed by atoms with Crippen molar-refractivity contribution in [2.24, 2.45) is 0 Å². The van der Waals surface area contributed by atoms with E-state index >= 15 is 0 Å². The van der Waals surface area contributed by atoms with Crippen molar-refractivity contribution < 1.29 is 14.3 Å². The molecule has 3 atom stereocenters. The van der Waals surface area contributed by atoms with Crippen LogP contribution in [0.15, 0.2) is 30.3 Å². The smallest absolute Gasteiger partial charge is 0.222 e. The molecular formula is C24H32N4O3. The van der Waals surface area contributed by atoms with Crippen molar-refractivity contribution in [3.63, 3.8) is 0 Å². The van der Waals surface area contributed by atoms with Crippen LogP contribution in [0.3, 0.4) is 0 Å². The van der Waals surface area contributed by atoms with Gasteiger partial charge in [0.15, 0.2) is 0 Å². The van der Waals surface area contributed by atoms with Gasteiger partial charge in [-0.05, 0) is 39.3 Å². The van der Waals surface area contributed by atoms with Crippen LogP contribution in [0.2, 0.25) is 0 Å². The third kappa shape index (κ3) is 4.45. The summed E-state index contributed by atoms with van der Waals surface area (Å²) in [5.41, 5.74) is 2.58. The zero-order valence-corrected chi connectivity index (χ0v) is 18.9. The Morgan fingerprint density at radius 3 is 2.84 bits per heavy atom. The number of rotatable bonds is 4. The lowest BCUT2D eigenvalue weighted by atomic mass is 9.82. The normalized spacial score (nSPS) is 24.3. The first kappa shape index (κ1) is 21.4. The first-order chi connectivity index (χ1) is 14.8. The average Bonchev–Trinajstić information content (AvgIpc) is 3.01. The number of nitrogens with one attached hydrogen (secondary N) is 1. The number of hydrogen-bond acceptors (Lipinski definition) is 4. The molecular weight excluding hydrogens is 392 g/mol. The summed E-state index contributed by atoms with van der Waals surface area (Å²) in [6, 6.07) is 9.77. The molecule has 2 aromatic rings. The molecule has 1 aromatic heterocycles. The maximum Gasteiger partial charge on any atom is 0.222 e. The van der Waals surface area contributed by atoms with Crippen molar-refractivity contribution in [2.75, 3.05) is 13.6 Å². The highest BCUT2D eigenvalue weighted by molar-refractivity contribution is 5.77. The molecule has 1 aromatic carbocycles. The summed E-state index contributed by atoms with van der Waals surface area (Å²) in [5, 5.41) is 7.78. The van der Waals surface area contributed by atoms with Crippen molar-refractivity contribution in [1.29, 1.82) is 0 Å². The van der Waals surface area contributed by atoms with E-state index < -0.39 is 5.60 Å². The van der Waals surface area contributed by atoms with Crippen LogP contribution < -0.4 is 10.1 Å². The number of para-hydroxylation sites is 1. The van der Waals surface area contributed by atoms with Gasteiger partial charge in [-0.3, -0.25) is 14.3 Å². The number of carbonyl (C=O) groups is 2. The van der Waals surface area contributed by atoms with Crippen LogP contribution in [0.1, 0.15) is 68.1 Å². The van der Waals surface area contributed by atoms with E-state index in [-0.39, 0.29) is 23.9 Å². The van der Waals surface area contributed by atoms with Gasteiger partial charge < -0.3 is 15.0 Å². The summed E-state index contributed by atoms with van der Waals surface area (Å²) in [6.45, 7) is 6.66. The maximum absolute atomic E-state index is 13.0. The number of aryl methyl sites for hydroxylation is 2. The highest BCUT2D eigenvalue weighted by Gasteiger charge is 2.43. The quantitative estimate of drug-likeness (QED) is 0.815. The zero-order valence-electron chi connectivity index (χ0n) is 18.9. The summed E-state index contributed by atoms with van der Waals surface area (Å²) < 4.78 is 8.39. The van der Waals surface area contributed by atoms with Crippen molar-refractivity contribution in [3.8, 4) is 5.75 Å². The van der Waals surface area contributed by atoms with Crippen LogP contribution in [-0.2, 0) is 9.59 Å². The molecule has 4 rings (SSSR count). The van der Waals surface area contributed by atoms with Crippen molar-refractivity contribution in [3.05, 3.63) is 47.3 Å². The second-order valence-corrected chi connectivity index (χ2v) is 9.14. The lowest BCUT2D eigenvalue weighted by Gasteiger charge is -2.42. The molecule has 1 spiro atoms. The number of fused-ring (bicyclic) bond motifs is 1. The fourth-order valence-electron chi connectivity index (χ4n) is 4.90. The van der Waals surface area contributed by atoms with E-state index in [9.17, 15) is 9.59 Å². The molecule has 0 radical (unpaired) electrons. The molecule has 1 saturated heterocycles. The highest BCUT2D eigenvalue weighted by atomic mass is 16.5. The Morgan fingerprint density at radius 2 is 2.10 bits per heavy atom. The molecule has 3 heterocycles. The molecule has 2 amide bonds. The molecule has 2 aliphatic heterocycles. The second-order valence-electron chi connectivity index (χ2n) is 9.14. The Morgan fingerprint density at radius 1 is 1.32 bits per heavy atom. The fraction of sp³-hybridized carbons (Fsp3) is 0.542. The van der Waals surface area contributed by atoms with Gasteiger partial charge in [0.05, 0.1) is 17.8 Å². The summed E-state index contributed by atoms with van der Waals surface area (Å²) in [4.78, 5) is 27.0. The predicted molar refractivity (Wildman–Crippen MR) is 118 cm³/mol. The van der Waals surface area contributed by atoms with Gasteiger partial charge in [-0.25, -0.2) is 0 Å². The van der Waals surface area contributed by atoms with Gasteiger partial charge in [-0.1, -0.05) is 18.2 Å². The molecule has 0 aliphatic carbocycles. The van der Waals surface area contributed by atoms with Crippen LogP contribution in [0.25, 0.3) is 0 Å². The van der Waals surface area contributed by atoms with E-state index in [1.807, 2.05) is 62.8 Å². The first-order valence-corrected chi connectivity index (χ1v) is 11.1. The lowest BCUT2D eigenvalue weighted by molar-refractivity contribution is -0.129. The van der Waals surface area contributed by atoms with Gasteiger partial charge in [0, 0.05) is 50.5 Å². The first-order valence-electron chi connectivity index (χ1n) is 11.1. The minimum atomic E-state index is -0.436. The number of hydrogen-bond donors (Lipinski definition) is 1. The van der Waals surface area contributed by atoms with Gasteiger partial charge in [-0.2, -0.15) is 5.10 Å². The van der Waals surface area contributed by atoms with Gasteiger partial charge in [-0.15, -0.1) is 0 Å². The van der Waals surface area contributed by atoms with Gasteiger partial charge in [0.25, 0.3) is 0 Å². The topological polar surface area (TPSA) is 76.5 Å². The largest absolute Gasteiger partial charge is 0.487 e. The van der Waals surface area contributed by atoms with Crippen LogP contribution >= 0.6 is 0 Å². The Labute approximate surface area is 183 Å². The number of carbonyl (C=O) groups excluding carboxylic acids is 2. The third-order valence-corrected chi connectivity index (χ3v) is 6.60. The van der Waals surface area contributed by atoms with E-state index in [1.54, 1.807) is 4.90 Å². The molecule has 2 aliphatic rings. The number of amides is 2. The minimum absolute atomic E-state index is 0.00118. The summed E-state index contributed by atoms with van der Waals surface area (Å²) >= 11 is 0. The van der Waals surface area contributed by atoms with E-state index in [2.05, 4.69) is 10.4 Å². The molecule has 1 fully saturated rings. The number of benzene rings is 1. The lowest BCUT2D eigenvalue weighted by Crippen LogP contribution is -2.46. The van der Waals surface area contributed by atoms with Gasteiger partial charge >= 0.3 is 0 Å². The number of ether oxygens (including phenoxy) is 1. The molecule has 31 heavy (non-hydrogen) atoms. The maximum atomic E-state index is 13.0. The van der Waals surface area contributed by atoms with E-state index in [0.717, 1.165) is 29.1 Å². The average molecular weight is 425 g/mol. The van der Waals surface area contributed by atoms with Gasteiger partial charge in [0.2, 0.25) is 11.8 Å². The van der Waals surface area contributed by atoms with Crippen LogP contribution in [-0.4, -0.2) is 45.7 Å². The van der Waals surface area contributed by atoms with Crippen LogP contribution in [0.4, 0.5) is 0 Å². The number of likely N-dealkylation sites (tertiary alicyclic amines) is 1. The minimum Gasteiger partial charge on any atom is -0.487 e. The SMILES string of the molecule is Cc1cc(C)n(C(C)CC(=O)NC2CC3(CCC(=O)N(C)CC3)Oc3ccccc32)n1. The summed E-state index contributed by atoms with van der Waals surface area (Å²) in [7, 11) is 1.84. The second kappa shape index (κ2) is 8.36. The molecule has 0 saturated carbocycles.